The van der Waals surface area contributed by atoms with E-state index in [0.29, 0.717) is 10.9 Å². The molecule has 0 radical (unpaired) electrons. The van der Waals surface area contributed by atoms with E-state index in [1.54, 1.807) is 6.07 Å². The van der Waals surface area contributed by atoms with Crippen LogP contribution in [0, 0.1) is 6.92 Å². The molecule has 0 fully saturated rings. The minimum absolute atomic E-state index is 0.410. The Hall–Kier alpha value is -0.400. The lowest BCUT2D eigenvalue weighted by Gasteiger charge is -2.05. The van der Waals surface area contributed by atoms with Gasteiger partial charge in [-0.25, -0.2) is 0 Å². The number of aryl methyl sites for hydroxylation is 1. The Balaban J connectivity index is 3.24. The molecule has 11 heavy (non-hydrogen) atoms. The van der Waals surface area contributed by atoms with Gasteiger partial charge < -0.3 is 5.73 Å². The Morgan fingerprint density at radius 3 is 2.64 bits per heavy atom. The van der Waals surface area contributed by atoms with Crippen LogP contribution in [0.2, 0.25) is 5.02 Å². The van der Waals surface area contributed by atoms with E-state index in [2.05, 4.69) is 0 Å². The Morgan fingerprint density at radius 2 is 2.09 bits per heavy atom. The van der Waals surface area contributed by atoms with Gasteiger partial charge in [-0.1, -0.05) is 11.6 Å². The Kier molecular flexibility index (Phi) is 2.63. The average Bonchev–Trinajstić information content (AvgIpc) is 1.96. The lowest BCUT2D eigenvalue weighted by molar-refractivity contribution is 1.35. The fraction of sp³-hybridized carbons (Fsp3) is 0.250. The molecule has 0 heterocycles. The number of alkyl halides is 1. The summed E-state index contributed by atoms with van der Waals surface area (Å²) in [6, 6.07) is 3.61. The predicted molar refractivity (Wildman–Crippen MR) is 50.2 cm³/mol. The number of nitrogen functional groups attached to an aromatic ring is 1. The maximum absolute atomic E-state index is 5.79. The third-order valence-electron chi connectivity index (χ3n) is 1.58. The third-order valence-corrected chi connectivity index (χ3v) is 2.09. The van der Waals surface area contributed by atoms with Crippen LogP contribution >= 0.6 is 23.2 Å². The monoisotopic (exact) mass is 189 g/mol. The van der Waals surface area contributed by atoms with Crippen LogP contribution in [-0.4, -0.2) is 0 Å². The topological polar surface area (TPSA) is 26.0 Å². The number of rotatable bonds is 1. The van der Waals surface area contributed by atoms with Gasteiger partial charge in [0.05, 0.1) is 0 Å². The number of benzene rings is 1. The molecule has 0 saturated carbocycles. The van der Waals surface area contributed by atoms with Crippen molar-refractivity contribution in [1.29, 1.82) is 0 Å². The van der Waals surface area contributed by atoms with E-state index < -0.39 is 0 Å². The normalized spacial score (nSPS) is 10.1. The summed E-state index contributed by atoms with van der Waals surface area (Å²) in [6.45, 7) is 1.91. The molecule has 60 valence electrons. The van der Waals surface area contributed by atoms with Crippen LogP contribution in [-0.2, 0) is 5.88 Å². The molecular weight excluding hydrogens is 181 g/mol. The maximum Gasteiger partial charge on any atom is 0.0495 e. The highest BCUT2D eigenvalue weighted by Gasteiger charge is 2.01. The highest BCUT2D eigenvalue weighted by atomic mass is 35.5. The molecule has 1 aromatic carbocycles. The van der Waals surface area contributed by atoms with Crippen molar-refractivity contribution in [2.75, 3.05) is 5.73 Å². The summed E-state index contributed by atoms with van der Waals surface area (Å²) >= 11 is 11.4. The molecule has 0 unspecified atom stereocenters. The molecule has 0 aromatic heterocycles. The minimum atomic E-state index is 0.410. The molecule has 0 atom stereocenters. The Morgan fingerprint density at radius 1 is 1.45 bits per heavy atom. The van der Waals surface area contributed by atoms with Gasteiger partial charge in [0.25, 0.3) is 0 Å². The quantitative estimate of drug-likeness (QED) is 0.534. The van der Waals surface area contributed by atoms with E-state index >= 15 is 0 Å². The van der Waals surface area contributed by atoms with Crippen LogP contribution in [0.15, 0.2) is 12.1 Å². The molecular formula is C8H9Cl2N. The van der Waals surface area contributed by atoms with E-state index in [1.807, 2.05) is 13.0 Å². The molecule has 1 rings (SSSR count). The first kappa shape index (κ1) is 8.69. The second-order valence-corrected chi connectivity index (χ2v) is 3.13. The average molecular weight is 190 g/mol. The summed E-state index contributed by atoms with van der Waals surface area (Å²) < 4.78 is 0. The van der Waals surface area contributed by atoms with Gasteiger partial charge in [0, 0.05) is 16.6 Å². The molecule has 0 aliphatic carbocycles. The number of hydrogen-bond donors (Lipinski definition) is 1. The maximum atomic E-state index is 5.79. The smallest absolute Gasteiger partial charge is 0.0495 e. The highest BCUT2D eigenvalue weighted by Crippen LogP contribution is 2.23. The van der Waals surface area contributed by atoms with Crippen LogP contribution in [0.4, 0.5) is 5.69 Å². The van der Waals surface area contributed by atoms with Crippen molar-refractivity contribution in [1.82, 2.24) is 0 Å². The lowest BCUT2D eigenvalue weighted by atomic mass is 10.1. The number of anilines is 1. The molecule has 0 bridgehead atoms. The summed E-state index contributed by atoms with van der Waals surface area (Å²) in [6.07, 6.45) is 0. The largest absolute Gasteiger partial charge is 0.398 e. The van der Waals surface area contributed by atoms with Crippen molar-refractivity contribution < 1.29 is 0 Å². The van der Waals surface area contributed by atoms with Crippen LogP contribution < -0.4 is 5.73 Å². The molecule has 0 amide bonds. The van der Waals surface area contributed by atoms with Crippen molar-refractivity contribution >= 4 is 28.9 Å². The zero-order valence-corrected chi connectivity index (χ0v) is 7.71. The third kappa shape index (κ3) is 1.79. The zero-order chi connectivity index (χ0) is 8.43. The van der Waals surface area contributed by atoms with Crippen LogP contribution in [0.5, 0.6) is 0 Å². The van der Waals surface area contributed by atoms with E-state index in [9.17, 15) is 0 Å². The second-order valence-electron chi connectivity index (χ2n) is 2.43. The molecule has 3 heteroatoms. The summed E-state index contributed by atoms with van der Waals surface area (Å²) in [5, 5.41) is 0.687. The van der Waals surface area contributed by atoms with Crippen molar-refractivity contribution in [3.05, 3.63) is 28.3 Å². The van der Waals surface area contributed by atoms with Crippen molar-refractivity contribution in [3.8, 4) is 0 Å². The number of hydrogen-bond acceptors (Lipinski definition) is 1. The molecule has 1 aromatic rings. The molecule has 2 N–H and O–H groups in total. The van der Waals surface area contributed by atoms with E-state index in [0.717, 1.165) is 16.8 Å². The van der Waals surface area contributed by atoms with Gasteiger partial charge in [0.2, 0.25) is 0 Å². The number of nitrogens with two attached hydrogens (primary N) is 1. The van der Waals surface area contributed by atoms with Gasteiger partial charge in [-0.15, -0.1) is 11.6 Å². The van der Waals surface area contributed by atoms with Gasteiger partial charge in [0.1, 0.15) is 0 Å². The van der Waals surface area contributed by atoms with Gasteiger partial charge in [0.15, 0.2) is 0 Å². The van der Waals surface area contributed by atoms with E-state index in [1.165, 1.54) is 0 Å². The van der Waals surface area contributed by atoms with E-state index in [-0.39, 0.29) is 0 Å². The van der Waals surface area contributed by atoms with Gasteiger partial charge in [-0.2, -0.15) is 0 Å². The van der Waals surface area contributed by atoms with Crippen LogP contribution in [0.25, 0.3) is 0 Å². The summed E-state index contributed by atoms with van der Waals surface area (Å²) in [4.78, 5) is 0. The Bertz CT molecular complexity index is 271. The fourth-order valence-electron chi connectivity index (χ4n) is 0.934. The van der Waals surface area contributed by atoms with E-state index in [4.69, 9.17) is 28.9 Å². The molecule has 0 saturated heterocycles. The predicted octanol–water partition coefficient (Wildman–Crippen LogP) is 2.97. The summed E-state index contributed by atoms with van der Waals surface area (Å²) in [7, 11) is 0. The lowest BCUT2D eigenvalue weighted by Crippen LogP contribution is -1.94. The minimum Gasteiger partial charge on any atom is -0.398 e. The summed E-state index contributed by atoms with van der Waals surface area (Å²) in [5.74, 6) is 0.410. The molecule has 0 spiro atoms. The molecule has 1 nitrogen and oxygen atoms in total. The standard InChI is InChI=1S/C8H9Cl2N/c1-5-2-7(10)3-6(4-9)8(5)11/h2-3H,4,11H2,1H3. The van der Waals surface area contributed by atoms with Crippen molar-refractivity contribution in [2.45, 2.75) is 12.8 Å². The van der Waals surface area contributed by atoms with Gasteiger partial charge in [-0.3, -0.25) is 0 Å². The first-order valence-electron chi connectivity index (χ1n) is 3.25. The van der Waals surface area contributed by atoms with Crippen LogP contribution in [0.3, 0.4) is 0 Å². The zero-order valence-electron chi connectivity index (χ0n) is 6.20. The van der Waals surface area contributed by atoms with Gasteiger partial charge in [-0.05, 0) is 30.2 Å². The fourth-order valence-corrected chi connectivity index (χ4v) is 1.45. The Labute approximate surface area is 76.1 Å². The molecule has 0 aliphatic heterocycles. The second kappa shape index (κ2) is 3.33. The SMILES string of the molecule is Cc1cc(Cl)cc(CCl)c1N. The summed E-state index contributed by atoms with van der Waals surface area (Å²) in [5.41, 5.74) is 8.34. The van der Waals surface area contributed by atoms with Gasteiger partial charge >= 0.3 is 0 Å². The highest BCUT2D eigenvalue weighted by molar-refractivity contribution is 6.31. The number of halogens is 2. The molecule has 0 aliphatic rings. The van der Waals surface area contributed by atoms with Crippen molar-refractivity contribution in [3.63, 3.8) is 0 Å². The first-order valence-corrected chi connectivity index (χ1v) is 4.17. The van der Waals surface area contributed by atoms with Crippen LogP contribution in [0.1, 0.15) is 11.1 Å². The first-order chi connectivity index (χ1) is 5.15. The van der Waals surface area contributed by atoms with Crippen molar-refractivity contribution in [2.24, 2.45) is 0 Å².